The molecule has 0 aliphatic rings. The summed E-state index contributed by atoms with van der Waals surface area (Å²) in [6, 6.07) is 6.91. The molecule has 114 valence electrons. The smallest absolute Gasteiger partial charge is 0.243 e. The van der Waals surface area contributed by atoms with Crippen LogP contribution in [0.15, 0.2) is 29.2 Å². The first-order valence-corrected chi connectivity index (χ1v) is 8.71. The number of nitrogens with one attached hydrogen (secondary N) is 1. The molecule has 0 saturated carbocycles. The Morgan fingerprint density at radius 1 is 1.10 bits per heavy atom. The largest absolute Gasteiger partial charge is 0.388 e. The third-order valence-corrected chi connectivity index (χ3v) is 5.70. The molecule has 0 aromatic heterocycles. The number of hydrogen-bond acceptors (Lipinski definition) is 3. The highest BCUT2D eigenvalue weighted by atomic mass is 32.2. The van der Waals surface area contributed by atoms with Crippen LogP contribution in [0.4, 0.5) is 5.69 Å². The molecule has 0 fully saturated rings. The molecule has 5 heteroatoms. The molecule has 0 saturated heterocycles. The van der Waals surface area contributed by atoms with Crippen LogP contribution < -0.4 is 5.32 Å². The minimum atomic E-state index is -3.39. The number of benzene rings is 1. The summed E-state index contributed by atoms with van der Waals surface area (Å²) in [6.07, 6.45) is 2.00. The van der Waals surface area contributed by atoms with Crippen LogP contribution in [0.3, 0.4) is 0 Å². The molecule has 20 heavy (non-hydrogen) atoms. The predicted octanol–water partition coefficient (Wildman–Crippen LogP) is 3.18. The lowest BCUT2D eigenvalue weighted by Crippen LogP contribution is -2.35. The van der Waals surface area contributed by atoms with Crippen molar-refractivity contribution >= 4 is 15.7 Å². The van der Waals surface area contributed by atoms with Gasteiger partial charge in [0.1, 0.15) is 0 Å². The molecule has 0 aliphatic carbocycles. The Morgan fingerprint density at radius 2 is 1.65 bits per heavy atom. The van der Waals surface area contributed by atoms with Gasteiger partial charge in [0.15, 0.2) is 0 Å². The first kappa shape index (κ1) is 17.0. The normalized spacial score (nSPS) is 12.1. The van der Waals surface area contributed by atoms with Crippen LogP contribution in [0.1, 0.15) is 33.6 Å². The van der Waals surface area contributed by atoms with Crippen LogP contribution in [-0.4, -0.2) is 32.9 Å². The Morgan fingerprint density at radius 3 is 2.05 bits per heavy atom. The van der Waals surface area contributed by atoms with E-state index < -0.39 is 10.0 Å². The van der Waals surface area contributed by atoms with Crippen molar-refractivity contribution in [3.63, 3.8) is 0 Å². The molecule has 0 amide bonds. The summed E-state index contributed by atoms with van der Waals surface area (Å²) < 4.78 is 26.9. The average Bonchev–Trinajstić information content (AvgIpc) is 2.48. The molecular weight excluding hydrogens is 272 g/mol. The number of hydrogen-bond donors (Lipinski definition) is 1. The van der Waals surface area contributed by atoms with Gasteiger partial charge in [0, 0.05) is 25.8 Å². The summed E-state index contributed by atoms with van der Waals surface area (Å²) in [5.74, 6) is 0.418. The highest BCUT2D eigenvalue weighted by molar-refractivity contribution is 7.89. The van der Waals surface area contributed by atoms with E-state index in [9.17, 15) is 8.42 Å². The van der Waals surface area contributed by atoms with E-state index in [4.69, 9.17) is 0 Å². The molecule has 0 bridgehead atoms. The molecule has 0 radical (unpaired) electrons. The van der Waals surface area contributed by atoms with Crippen molar-refractivity contribution in [2.24, 2.45) is 5.92 Å². The SMILES string of the molecule is CCC(CC)CN(CC)S(=O)(=O)c1ccc(NC)cc1. The Hall–Kier alpha value is -1.07. The standard InChI is InChI=1S/C15H26N2O2S/c1-5-13(6-2)12-17(7-3)20(18,19)15-10-8-14(16-4)9-11-15/h8-11,13,16H,5-7,12H2,1-4H3. The van der Waals surface area contributed by atoms with Gasteiger partial charge in [-0.2, -0.15) is 4.31 Å². The fourth-order valence-electron chi connectivity index (χ4n) is 2.17. The van der Waals surface area contributed by atoms with Gasteiger partial charge in [0.05, 0.1) is 4.90 Å². The average molecular weight is 298 g/mol. The molecule has 4 nitrogen and oxygen atoms in total. The second kappa shape index (κ2) is 7.64. The van der Waals surface area contributed by atoms with Crippen molar-refractivity contribution in [2.75, 3.05) is 25.5 Å². The Balaban J connectivity index is 2.98. The third kappa shape index (κ3) is 3.96. The number of rotatable bonds is 8. The van der Waals surface area contributed by atoms with Crippen LogP contribution in [-0.2, 0) is 10.0 Å². The van der Waals surface area contributed by atoms with Crippen LogP contribution in [0.2, 0.25) is 0 Å². The highest BCUT2D eigenvalue weighted by Crippen LogP contribution is 2.20. The van der Waals surface area contributed by atoms with E-state index >= 15 is 0 Å². The molecular formula is C15H26N2O2S. The van der Waals surface area contributed by atoms with E-state index in [1.54, 1.807) is 28.6 Å². The Bertz CT molecular complexity index is 493. The molecule has 0 unspecified atom stereocenters. The maximum Gasteiger partial charge on any atom is 0.243 e. The van der Waals surface area contributed by atoms with Gasteiger partial charge >= 0.3 is 0 Å². The highest BCUT2D eigenvalue weighted by Gasteiger charge is 2.24. The van der Waals surface area contributed by atoms with Gasteiger partial charge in [0.25, 0.3) is 0 Å². The van der Waals surface area contributed by atoms with E-state index in [1.165, 1.54) is 0 Å². The zero-order valence-electron chi connectivity index (χ0n) is 12.9. The van der Waals surface area contributed by atoms with Gasteiger partial charge in [-0.25, -0.2) is 8.42 Å². The summed E-state index contributed by atoms with van der Waals surface area (Å²) in [5, 5.41) is 2.99. The lowest BCUT2D eigenvalue weighted by molar-refractivity contribution is 0.339. The van der Waals surface area contributed by atoms with Gasteiger partial charge in [-0.15, -0.1) is 0 Å². The van der Waals surface area contributed by atoms with E-state index in [1.807, 2.05) is 14.0 Å². The summed E-state index contributed by atoms with van der Waals surface area (Å²) in [4.78, 5) is 0.365. The van der Waals surface area contributed by atoms with E-state index in [0.717, 1.165) is 18.5 Å². The first-order chi connectivity index (χ1) is 9.49. The number of anilines is 1. The summed E-state index contributed by atoms with van der Waals surface area (Å²) in [6.45, 7) is 7.21. The zero-order valence-corrected chi connectivity index (χ0v) is 13.7. The van der Waals surface area contributed by atoms with Crippen LogP contribution in [0.5, 0.6) is 0 Å². The van der Waals surface area contributed by atoms with Gasteiger partial charge in [0.2, 0.25) is 10.0 Å². The van der Waals surface area contributed by atoms with Crippen LogP contribution in [0.25, 0.3) is 0 Å². The van der Waals surface area contributed by atoms with Gasteiger partial charge in [-0.3, -0.25) is 0 Å². The molecule has 0 atom stereocenters. The quantitative estimate of drug-likeness (QED) is 0.802. The van der Waals surface area contributed by atoms with Crippen LogP contribution >= 0.6 is 0 Å². The first-order valence-electron chi connectivity index (χ1n) is 7.27. The van der Waals surface area contributed by atoms with Crippen molar-refractivity contribution < 1.29 is 8.42 Å². The number of nitrogens with zero attached hydrogens (tertiary/aromatic N) is 1. The number of sulfonamides is 1. The Kier molecular flexibility index (Phi) is 6.49. The van der Waals surface area contributed by atoms with Gasteiger partial charge < -0.3 is 5.32 Å². The molecule has 1 rings (SSSR count). The Labute approximate surface area is 123 Å². The second-order valence-electron chi connectivity index (χ2n) is 4.91. The molecule has 0 aliphatic heterocycles. The molecule has 0 spiro atoms. The van der Waals surface area contributed by atoms with Crippen molar-refractivity contribution in [1.29, 1.82) is 0 Å². The maximum atomic E-state index is 12.6. The van der Waals surface area contributed by atoms with Crippen molar-refractivity contribution in [3.05, 3.63) is 24.3 Å². The van der Waals surface area contributed by atoms with Gasteiger partial charge in [-0.1, -0.05) is 33.6 Å². The third-order valence-electron chi connectivity index (χ3n) is 3.75. The maximum absolute atomic E-state index is 12.6. The predicted molar refractivity (Wildman–Crippen MR) is 84.5 cm³/mol. The monoisotopic (exact) mass is 298 g/mol. The minimum Gasteiger partial charge on any atom is -0.388 e. The van der Waals surface area contributed by atoms with Crippen molar-refractivity contribution in [3.8, 4) is 0 Å². The molecule has 0 heterocycles. The second-order valence-corrected chi connectivity index (χ2v) is 6.85. The fourth-order valence-corrected chi connectivity index (χ4v) is 3.70. The van der Waals surface area contributed by atoms with Crippen molar-refractivity contribution in [1.82, 2.24) is 4.31 Å². The topological polar surface area (TPSA) is 49.4 Å². The summed E-state index contributed by atoms with van der Waals surface area (Å²) in [7, 11) is -1.57. The van der Waals surface area contributed by atoms with Gasteiger partial charge in [-0.05, 0) is 30.2 Å². The van der Waals surface area contributed by atoms with E-state index in [-0.39, 0.29) is 0 Å². The lowest BCUT2D eigenvalue weighted by atomic mass is 10.0. The summed E-state index contributed by atoms with van der Waals surface area (Å²) >= 11 is 0. The minimum absolute atomic E-state index is 0.365. The van der Waals surface area contributed by atoms with E-state index in [2.05, 4.69) is 19.2 Å². The summed E-state index contributed by atoms with van der Waals surface area (Å²) in [5.41, 5.74) is 0.909. The molecule has 1 aromatic carbocycles. The lowest BCUT2D eigenvalue weighted by Gasteiger charge is -2.24. The van der Waals surface area contributed by atoms with Crippen molar-refractivity contribution in [2.45, 2.75) is 38.5 Å². The molecule has 1 aromatic rings. The fraction of sp³-hybridized carbons (Fsp3) is 0.600. The van der Waals surface area contributed by atoms with E-state index in [0.29, 0.717) is 23.9 Å². The zero-order chi connectivity index (χ0) is 15.2. The molecule has 1 N–H and O–H groups in total. The van der Waals surface area contributed by atoms with Crippen LogP contribution in [0, 0.1) is 5.92 Å².